The average molecular weight is 329 g/mol. The molecule has 0 aliphatic carbocycles. The van der Waals surface area contributed by atoms with Crippen LogP contribution in [-0.4, -0.2) is 13.2 Å². The van der Waals surface area contributed by atoms with E-state index >= 15 is 0 Å². The zero-order chi connectivity index (χ0) is 15.2. The van der Waals surface area contributed by atoms with Crippen LogP contribution in [0.15, 0.2) is 24.3 Å². The summed E-state index contributed by atoms with van der Waals surface area (Å²) < 4.78 is 19.8. The molecule has 0 spiro atoms. The second-order valence-corrected chi connectivity index (χ2v) is 6.40. The van der Waals surface area contributed by atoms with Crippen molar-refractivity contribution in [2.45, 2.75) is 19.8 Å². The van der Waals surface area contributed by atoms with Crippen LogP contribution in [-0.2, 0) is 6.42 Å². The molecule has 6 heteroatoms. The summed E-state index contributed by atoms with van der Waals surface area (Å²) in [7, 11) is 0. The smallest absolute Gasteiger partial charge is 0.167 e. The van der Waals surface area contributed by atoms with Crippen molar-refractivity contribution in [3.63, 3.8) is 0 Å². The van der Waals surface area contributed by atoms with Gasteiger partial charge in [0.05, 0.1) is 22.3 Å². The van der Waals surface area contributed by atoms with Gasteiger partial charge in [-0.15, -0.1) is 11.3 Å². The summed E-state index contributed by atoms with van der Waals surface area (Å²) in [5.41, 5.74) is 6.89. The maximum absolute atomic E-state index is 13.7. The van der Waals surface area contributed by atoms with Crippen LogP contribution in [0.1, 0.15) is 18.2 Å². The number of rotatable bonds is 7. The SMILES string of the molecule is CCCOc1cc(NCCc2ccc(Cl)s2)c(N)cc1F. The fraction of sp³-hybridized carbons (Fsp3) is 0.333. The molecule has 21 heavy (non-hydrogen) atoms. The Kier molecular flexibility index (Phi) is 5.70. The summed E-state index contributed by atoms with van der Waals surface area (Å²) in [5, 5.41) is 3.21. The molecular formula is C15H18ClFN2OS. The number of hydrogen-bond donors (Lipinski definition) is 2. The first-order valence-electron chi connectivity index (χ1n) is 6.80. The minimum absolute atomic E-state index is 0.229. The van der Waals surface area contributed by atoms with Gasteiger partial charge >= 0.3 is 0 Å². The molecule has 0 fully saturated rings. The Bertz CT molecular complexity index is 603. The molecule has 0 aliphatic rings. The number of anilines is 2. The van der Waals surface area contributed by atoms with Crippen molar-refractivity contribution in [3.8, 4) is 5.75 Å². The van der Waals surface area contributed by atoms with E-state index in [1.54, 1.807) is 17.4 Å². The van der Waals surface area contributed by atoms with Gasteiger partial charge in [0.2, 0.25) is 0 Å². The Morgan fingerprint density at radius 2 is 2.19 bits per heavy atom. The predicted molar refractivity (Wildman–Crippen MR) is 88.1 cm³/mol. The van der Waals surface area contributed by atoms with Gasteiger partial charge < -0.3 is 15.8 Å². The summed E-state index contributed by atoms with van der Waals surface area (Å²) in [6, 6.07) is 6.78. The molecule has 114 valence electrons. The van der Waals surface area contributed by atoms with Crippen molar-refractivity contribution in [2.75, 3.05) is 24.2 Å². The number of nitrogens with one attached hydrogen (secondary N) is 1. The molecule has 2 aromatic rings. The van der Waals surface area contributed by atoms with E-state index < -0.39 is 5.82 Å². The molecule has 0 amide bonds. The van der Waals surface area contributed by atoms with E-state index in [2.05, 4.69) is 5.32 Å². The third kappa shape index (κ3) is 4.51. The summed E-state index contributed by atoms with van der Waals surface area (Å²) in [5.74, 6) is -0.204. The molecule has 1 aromatic heterocycles. The highest BCUT2D eigenvalue weighted by molar-refractivity contribution is 7.16. The second-order valence-electron chi connectivity index (χ2n) is 4.60. The van der Waals surface area contributed by atoms with E-state index in [9.17, 15) is 4.39 Å². The van der Waals surface area contributed by atoms with Gasteiger partial charge in [0.15, 0.2) is 11.6 Å². The normalized spacial score (nSPS) is 10.6. The Balaban J connectivity index is 1.98. The van der Waals surface area contributed by atoms with E-state index in [-0.39, 0.29) is 5.75 Å². The van der Waals surface area contributed by atoms with E-state index in [0.717, 1.165) is 17.2 Å². The first-order chi connectivity index (χ1) is 10.1. The van der Waals surface area contributed by atoms with E-state index in [1.807, 2.05) is 19.1 Å². The van der Waals surface area contributed by atoms with Crippen molar-refractivity contribution >= 4 is 34.3 Å². The zero-order valence-corrected chi connectivity index (χ0v) is 13.4. The second kappa shape index (κ2) is 7.52. The molecule has 2 rings (SSSR count). The lowest BCUT2D eigenvalue weighted by Gasteiger charge is -2.12. The van der Waals surface area contributed by atoms with Gasteiger partial charge in [0.1, 0.15) is 0 Å². The van der Waals surface area contributed by atoms with Crippen LogP contribution in [0.4, 0.5) is 15.8 Å². The quantitative estimate of drug-likeness (QED) is 0.732. The van der Waals surface area contributed by atoms with E-state index in [4.69, 9.17) is 22.1 Å². The van der Waals surface area contributed by atoms with Crippen molar-refractivity contribution in [3.05, 3.63) is 39.3 Å². The van der Waals surface area contributed by atoms with Crippen molar-refractivity contribution in [2.24, 2.45) is 0 Å². The van der Waals surface area contributed by atoms with Gasteiger partial charge in [-0.05, 0) is 25.0 Å². The summed E-state index contributed by atoms with van der Waals surface area (Å²) in [6.07, 6.45) is 1.66. The lowest BCUT2D eigenvalue weighted by molar-refractivity contribution is 0.301. The zero-order valence-electron chi connectivity index (χ0n) is 11.8. The number of thiophene rings is 1. The van der Waals surface area contributed by atoms with Crippen LogP contribution in [0.3, 0.4) is 0 Å². The largest absolute Gasteiger partial charge is 0.490 e. The van der Waals surface area contributed by atoms with Gasteiger partial charge in [-0.1, -0.05) is 18.5 Å². The molecule has 3 N–H and O–H groups in total. The molecule has 0 unspecified atom stereocenters. The predicted octanol–water partition coefficient (Wildman–Crippen LogP) is 4.57. The summed E-state index contributed by atoms with van der Waals surface area (Å²) in [6.45, 7) is 3.15. The number of nitrogen functional groups attached to an aromatic ring is 1. The van der Waals surface area contributed by atoms with Gasteiger partial charge in [-0.25, -0.2) is 4.39 Å². The standard InChI is InChI=1S/C15H18ClFN2OS/c1-2-7-20-14-9-13(12(18)8-11(14)17)19-6-5-10-3-4-15(16)21-10/h3-4,8-9,19H,2,5-7,18H2,1H3. The fourth-order valence-electron chi connectivity index (χ4n) is 1.85. The highest BCUT2D eigenvalue weighted by atomic mass is 35.5. The molecule has 0 bridgehead atoms. The van der Waals surface area contributed by atoms with Crippen LogP contribution in [0.25, 0.3) is 0 Å². The monoisotopic (exact) mass is 328 g/mol. The highest BCUT2D eigenvalue weighted by Crippen LogP contribution is 2.28. The Hall–Kier alpha value is -1.46. The third-order valence-electron chi connectivity index (χ3n) is 2.88. The molecule has 0 radical (unpaired) electrons. The van der Waals surface area contributed by atoms with Crippen LogP contribution in [0, 0.1) is 5.82 Å². The average Bonchev–Trinajstić information content (AvgIpc) is 2.85. The van der Waals surface area contributed by atoms with Crippen molar-refractivity contribution < 1.29 is 9.13 Å². The molecule has 0 aliphatic heterocycles. The van der Waals surface area contributed by atoms with Gasteiger partial charge in [-0.3, -0.25) is 0 Å². The molecule has 0 atom stereocenters. The van der Waals surface area contributed by atoms with E-state index in [1.165, 1.54) is 10.9 Å². The Labute approximate surface area is 132 Å². The minimum atomic E-state index is -0.434. The Morgan fingerprint density at radius 1 is 1.38 bits per heavy atom. The molecular weight excluding hydrogens is 311 g/mol. The van der Waals surface area contributed by atoms with Crippen molar-refractivity contribution in [1.82, 2.24) is 0 Å². The van der Waals surface area contributed by atoms with Crippen LogP contribution < -0.4 is 15.8 Å². The first kappa shape index (κ1) is 15.9. The number of hydrogen-bond acceptors (Lipinski definition) is 4. The van der Waals surface area contributed by atoms with Gasteiger partial charge in [0.25, 0.3) is 0 Å². The van der Waals surface area contributed by atoms with Crippen LogP contribution in [0.2, 0.25) is 4.34 Å². The van der Waals surface area contributed by atoms with E-state index in [0.29, 0.717) is 24.5 Å². The maximum Gasteiger partial charge on any atom is 0.167 e. The minimum Gasteiger partial charge on any atom is -0.490 e. The molecule has 1 heterocycles. The van der Waals surface area contributed by atoms with Crippen LogP contribution >= 0.6 is 22.9 Å². The van der Waals surface area contributed by atoms with Crippen molar-refractivity contribution in [1.29, 1.82) is 0 Å². The number of nitrogens with two attached hydrogens (primary N) is 1. The summed E-state index contributed by atoms with van der Waals surface area (Å²) >= 11 is 7.44. The highest BCUT2D eigenvalue weighted by Gasteiger charge is 2.09. The molecule has 1 aromatic carbocycles. The number of benzene rings is 1. The topological polar surface area (TPSA) is 47.3 Å². The molecule has 0 saturated heterocycles. The fourth-order valence-corrected chi connectivity index (χ4v) is 2.94. The lowest BCUT2D eigenvalue weighted by atomic mass is 10.2. The van der Waals surface area contributed by atoms with Crippen LogP contribution in [0.5, 0.6) is 5.75 Å². The molecule has 0 saturated carbocycles. The number of halogens is 2. The maximum atomic E-state index is 13.7. The van der Waals surface area contributed by atoms with Gasteiger partial charge in [0, 0.05) is 23.6 Å². The van der Waals surface area contributed by atoms with Gasteiger partial charge in [-0.2, -0.15) is 0 Å². The lowest BCUT2D eigenvalue weighted by Crippen LogP contribution is -2.07. The third-order valence-corrected chi connectivity index (χ3v) is 4.17. The number of ether oxygens (including phenoxy) is 1. The molecule has 3 nitrogen and oxygen atoms in total. The Morgan fingerprint density at radius 3 is 2.86 bits per heavy atom. The first-order valence-corrected chi connectivity index (χ1v) is 7.99. The summed E-state index contributed by atoms with van der Waals surface area (Å²) in [4.78, 5) is 1.19.